The lowest BCUT2D eigenvalue weighted by Gasteiger charge is -2.02. The van der Waals surface area contributed by atoms with Gasteiger partial charge < -0.3 is 0 Å². The van der Waals surface area contributed by atoms with Crippen LogP contribution in [0.4, 0.5) is 8.78 Å². The van der Waals surface area contributed by atoms with E-state index in [1.165, 1.54) is 18.5 Å². The number of halogens is 2. The van der Waals surface area contributed by atoms with Crippen molar-refractivity contribution in [3.05, 3.63) is 47.9 Å². The lowest BCUT2D eigenvalue weighted by molar-refractivity contribution is 0.506. The Bertz CT molecular complexity index is 596. The number of benzene rings is 1. The first-order valence-electron chi connectivity index (χ1n) is 4.54. The lowest BCUT2D eigenvalue weighted by atomic mass is 10.3. The standard InChI is InChI=1S/C11H5F2N3S/c12-8-2-1-7(5-9(8)13)17-11-10(6-14)15-3-4-16-11/h1-5H. The van der Waals surface area contributed by atoms with Crippen molar-refractivity contribution >= 4 is 11.8 Å². The minimum atomic E-state index is -0.933. The summed E-state index contributed by atoms with van der Waals surface area (Å²) in [7, 11) is 0. The number of aromatic nitrogens is 2. The van der Waals surface area contributed by atoms with Crippen LogP contribution in [0.25, 0.3) is 0 Å². The summed E-state index contributed by atoms with van der Waals surface area (Å²) in [6, 6.07) is 5.37. The van der Waals surface area contributed by atoms with Crippen molar-refractivity contribution in [2.45, 2.75) is 9.92 Å². The van der Waals surface area contributed by atoms with E-state index in [1.807, 2.05) is 6.07 Å². The van der Waals surface area contributed by atoms with Crippen LogP contribution in [0.3, 0.4) is 0 Å². The van der Waals surface area contributed by atoms with Gasteiger partial charge >= 0.3 is 0 Å². The molecule has 6 heteroatoms. The Morgan fingerprint density at radius 1 is 1.12 bits per heavy atom. The van der Waals surface area contributed by atoms with Gasteiger partial charge in [-0.15, -0.1) is 0 Å². The van der Waals surface area contributed by atoms with Crippen molar-refractivity contribution in [2.75, 3.05) is 0 Å². The second kappa shape index (κ2) is 4.89. The number of nitriles is 1. The zero-order valence-electron chi connectivity index (χ0n) is 8.39. The zero-order chi connectivity index (χ0) is 12.3. The van der Waals surface area contributed by atoms with E-state index in [0.29, 0.717) is 9.92 Å². The summed E-state index contributed by atoms with van der Waals surface area (Å²) < 4.78 is 25.7. The minimum absolute atomic E-state index is 0.155. The second-order valence-corrected chi connectivity index (χ2v) is 4.06. The van der Waals surface area contributed by atoms with Crippen molar-refractivity contribution in [3.63, 3.8) is 0 Å². The molecule has 0 saturated carbocycles. The maximum atomic E-state index is 13.0. The molecule has 3 nitrogen and oxygen atoms in total. The highest BCUT2D eigenvalue weighted by atomic mass is 32.2. The summed E-state index contributed by atoms with van der Waals surface area (Å²) in [5, 5.41) is 9.16. The van der Waals surface area contributed by atoms with E-state index in [-0.39, 0.29) is 5.69 Å². The smallest absolute Gasteiger partial charge is 0.173 e. The molecule has 0 amide bonds. The Labute approximate surface area is 100 Å². The van der Waals surface area contributed by atoms with Gasteiger partial charge in [0.25, 0.3) is 0 Å². The van der Waals surface area contributed by atoms with Crippen molar-refractivity contribution in [2.24, 2.45) is 0 Å². The molecule has 0 spiro atoms. The fraction of sp³-hybridized carbons (Fsp3) is 0. The molecule has 2 aromatic rings. The van der Waals surface area contributed by atoms with Gasteiger partial charge in [0.15, 0.2) is 17.3 Å². The maximum Gasteiger partial charge on any atom is 0.173 e. The highest BCUT2D eigenvalue weighted by Crippen LogP contribution is 2.28. The predicted octanol–water partition coefficient (Wildman–Crippen LogP) is 2.78. The van der Waals surface area contributed by atoms with E-state index in [1.54, 1.807) is 0 Å². The van der Waals surface area contributed by atoms with Crippen LogP contribution >= 0.6 is 11.8 Å². The number of hydrogen-bond donors (Lipinski definition) is 0. The highest BCUT2D eigenvalue weighted by Gasteiger charge is 2.08. The van der Waals surface area contributed by atoms with E-state index >= 15 is 0 Å². The molecule has 0 saturated heterocycles. The van der Waals surface area contributed by atoms with Gasteiger partial charge in [0.05, 0.1) is 0 Å². The number of nitrogens with zero attached hydrogens (tertiary/aromatic N) is 3. The quantitative estimate of drug-likeness (QED) is 0.821. The Kier molecular flexibility index (Phi) is 3.30. The molecule has 0 fully saturated rings. The maximum absolute atomic E-state index is 13.0. The Hall–Kier alpha value is -2.00. The van der Waals surface area contributed by atoms with Crippen LogP contribution in [-0.4, -0.2) is 9.97 Å². The summed E-state index contributed by atoms with van der Waals surface area (Å²) in [5.41, 5.74) is 0.155. The summed E-state index contributed by atoms with van der Waals surface area (Å²) >= 11 is 1.06. The van der Waals surface area contributed by atoms with Crippen LogP contribution in [0.5, 0.6) is 0 Å². The molecule has 1 aromatic heterocycles. The van der Waals surface area contributed by atoms with E-state index in [9.17, 15) is 8.78 Å². The lowest BCUT2D eigenvalue weighted by Crippen LogP contribution is -1.90. The van der Waals surface area contributed by atoms with Gasteiger partial charge in [-0.05, 0) is 18.2 Å². The van der Waals surface area contributed by atoms with E-state index in [4.69, 9.17) is 5.26 Å². The third kappa shape index (κ3) is 2.57. The Morgan fingerprint density at radius 2 is 1.88 bits per heavy atom. The van der Waals surface area contributed by atoms with Gasteiger partial charge in [-0.2, -0.15) is 5.26 Å². The van der Waals surface area contributed by atoms with Gasteiger partial charge in [-0.3, -0.25) is 0 Å². The van der Waals surface area contributed by atoms with Gasteiger partial charge in [0, 0.05) is 17.3 Å². The van der Waals surface area contributed by atoms with Crippen LogP contribution in [0, 0.1) is 23.0 Å². The molecule has 0 aliphatic carbocycles. The monoisotopic (exact) mass is 249 g/mol. The molecule has 0 atom stereocenters. The molecular formula is C11H5F2N3S. The molecular weight excluding hydrogens is 244 g/mol. The van der Waals surface area contributed by atoms with Crippen molar-refractivity contribution in [1.82, 2.24) is 9.97 Å². The van der Waals surface area contributed by atoms with Crippen LogP contribution in [0.2, 0.25) is 0 Å². The first kappa shape index (κ1) is 11.5. The van der Waals surface area contributed by atoms with E-state index in [0.717, 1.165) is 23.9 Å². The molecule has 0 radical (unpaired) electrons. The number of rotatable bonds is 2. The first-order valence-corrected chi connectivity index (χ1v) is 5.36. The fourth-order valence-electron chi connectivity index (χ4n) is 1.13. The predicted molar refractivity (Wildman–Crippen MR) is 57.2 cm³/mol. The van der Waals surface area contributed by atoms with E-state index in [2.05, 4.69) is 9.97 Å². The fourth-order valence-corrected chi connectivity index (χ4v) is 1.96. The summed E-state index contributed by atoms with van der Waals surface area (Å²) in [5.74, 6) is -1.84. The average molecular weight is 249 g/mol. The topological polar surface area (TPSA) is 49.6 Å². The summed E-state index contributed by atoms with van der Waals surface area (Å²) in [6.07, 6.45) is 2.83. The average Bonchev–Trinajstić information content (AvgIpc) is 2.34. The molecule has 1 heterocycles. The molecule has 17 heavy (non-hydrogen) atoms. The molecule has 0 aliphatic heterocycles. The van der Waals surface area contributed by atoms with Gasteiger partial charge in [0.1, 0.15) is 11.1 Å². The second-order valence-electron chi connectivity index (χ2n) is 3.00. The molecule has 0 N–H and O–H groups in total. The third-order valence-electron chi connectivity index (χ3n) is 1.88. The molecule has 0 bridgehead atoms. The number of hydrogen-bond acceptors (Lipinski definition) is 4. The first-order chi connectivity index (χ1) is 8.20. The highest BCUT2D eigenvalue weighted by molar-refractivity contribution is 7.99. The third-order valence-corrected chi connectivity index (χ3v) is 2.86. The van der Waals surface area contributed by atoms with Crippen molar-refractivity contribution in [1.29, 1.82) is 5.26 Å². The largest absolute Gasteiger partial charge is 0.245 e. The zero-order valence-corrected chi connectivity index (χ0v) is 9.21. The van der Waals surface area contributed by atoms with Crippen LogP contribution < -0.4 is 0 Å². The SMILES string of the molecule is N#Cc1nccnc1Sc1ccc(F)c(F)c1. The van der Waals surface area contributed by atoms with Gasteiger partial charge in [0.2, 0.25) is 0 Å². The van der Waals surface area contributed by atoms with Crippen LogP contribution in [0.1, 0.15) is 5.69 Å². The Morgan fingerprint density at radius 3 is 2.59 bits per heavy atom. The Balaban J connectivity index is 2.32. The van der Waals surface area contributed by atoms with Crippen LogP contribution in [-0.2, 0) is 0 Å². The molecule has 0 unspecified atom stereocenters. The molecule has 1 aromatic carbocycles. The van der Waals surface area contributed by atoms with Gasteiger partial charge in [-0.25, -0.2) is 18.7 Å². The van der Waals surface area contributed by atoms with Crippen molar-refractivity contribution in [3.8, 4) is 6.07 Å². The summed E-state index contributed by atoms with van der Waals surface area (Å²) in [4.78, 5) is 8.24. The normalized spacial score (nSPS) is 9.94. The molecule has 2 rings (SSSR count). The summed E-state index contributed by atoms with van der Waals surface area (Å²) in [6.45, 7) is 0. The van der Waals surface area contributed by atoms with Crippen LogP contribution in [0.15, 0.2) is 40.5 Å². The molecule has 0 aliphatic rings. The van der Waals surface area contributed by atoms with E-state index < -0.39 is 11.6 Å². The van der Waals surface area contributed by atoms with Gasteiger partial charge in [-0.1, -0.05) is 11.8 Å². The minimum Gasteiger partial charge on any atom is -0.245 e. The molecule has 84 valence electrons. The van der Waals surface area contributed by atoms with Crippen molar-refractivity contribution < 1.29 is 8.78 Å².